The third-order valence-electron chi connectivity index (χ3n) is 6.00. The Morgan fingerprint density at radius 3 is 2.80 bits per heavy atom. The number of ether oxygens (including phenoxy) is 2. The van der Waals surface area contributed by atoms with Gasteiger partial charge in [-0.3, -0.25) is 0 Å². The van der Waals surface area contributed by atoms with Crippen LogP contribution in [0.1, 0.15) is 43.1 Å². The van der Waals surface area contributed by atoms with Crippen LogP contribution >= 0.6 is 22.7 Å². The summed E-state index contributed by atoms with van der Waals surface area (Å²) in [6.07, 6.45) is 4.34. The number of aromatic nitrogens is 4. The second kappa shape index (κ2) is 9.12. The molecular weight excluding hydrogens is 489 g/mol. The zero-order valence-electron chi connectivity index (χ0n) is 19.4. The van der Waals surface area contributed by atoms with Crippen molar-refractivity contribution >= 4 is 43.7 Å². The van der Waals surface area contributed by atoms with E-state index in [1.807, 2.05) is 18.2 Å². The van der Waals surface area contributed by atoms with Crippen molar-refractivity contribution in [3.8, 4) is 23.0 Å². The molecule has 5 aromatic rings. The molecule has 1 aromatic carbocycles. The molecule has 0 radical (unpaired) electrons. The molecule has 0 spiro atoms. The SMILES string of the molecule is COc1cc(OCc2csc(N3CCCCC3)n2)c2cc(-c3cn4nc([C@H](C)F)sc4n3)oc2c1. The molecule has 0 unspecified atom stereocenters. The lowest BCUT2D eigenvalue weighted by Gasteiger charge is -2.25. The lowest BCUT2D eigenvalue weighted by Crippen LogP contribution is -2.29. The maximum absolute atomic E-state index is 13.6. The van der Waals surface area contributed by atoms with Gasteiger partial charge in [0.2, 0.25) is 4.96 Å². The van der Waals surface area contributed by atoms with Crippen molar-refractivity contribution in [3.05, 3.63) is 40.5 Å². The average Bonchev–Trinajstić information content (AvgIpc) is 3.65. The maximum atomic E-state index is 13.6. The minimum atomic E-state index is -1.13. The van der Waals surface area contributed by atoms with Crippen LogP contribution in [-0.2, 0) is 6.61 Å². The smallest absolute Gasteiger partial charge is 0.212 e. The Bertz CT molecular complexity index is 1450. The zero-order chi connectivity index (χ0) is 23.9. The van der Waals surface area contributed by atoms with Crippen molar-refractivity contribution < 1.29 is 18.3 Å². The van der Waals surface area contributed by atoms with Crippen molar-refractivity contribution in [3.63, 3.8) is 0 Å². The third kappa shape index (κ3) is 4.34. The fourth-order valence-electron chi connectivity index (χ4n) is 4.19. The van der Waals surface area contributed by atoms with Crippen LogP contribution < -0.4 is 14.4 Å². The van der Waals surface area contributed by atoms with Gasteiger partial charge in [-0.25, -0.2) is 18.9 Å². The van der Waals surface area contributed by atoms with Crippen molar-refractivity contribution in [2.75, 3.05) is 25.1 Å². The fourth-order valence-corrected chi connectivity index (χ4v) is 5.86. The Balaban J connectivity index is 1.27. The van der Waals surface area contributed by atoms with E-state index in [9.17, 15) is 4.39 Å². The quantitative estimate of drug-likeness (QED) is 0.254. The van der Waals surface area contributed by atoms with Crippen LogP contribution in [-0.4, -0.2) is 39.8 Å². The molecule has 1 aliphatic heterocycles. The monoisotopic (exact) mass is 513 g/mol. The van der Waals surface area contributed by atoms with E-state index in [1.165, 1.54) is 37.5 Å². The van der Waals surface area contributed by atoms with E-state index in [0.29, 0.717) is 45.1 Å². The van der Waals surface area contributed by atoms with Gasteiger partial charge >= 0.3 is 0 Å². The highest BCUT2D eigenvalue weighted by Gasteiger charge is 2.19. The first-order valence-corrected chi connectivity index (χ1v) is 13.2. The number of benzene rings is 1. The van der Waals surface area contributed by atoms with Crippen LogP contribution in [0.3, 0.4) is 0 Å². The molecule has 0 aliphatic carbocycles. The van der Waals surface area contributed by atoms with E-state index in [1.54, 1.807) is 29.2 Å². The number of alkyl halides is 1. The summed E-state index contributed by atoms with van der Waals surface area (Å²) in [4.78, 5) is 12.3. The van der Waals surface area contributed by atoms with E-state index in [0.717, 1.165) is 29.3 Å². The summed E-state index contributed by atoms with van der Waals surface area (Å²) in [6.45, 7) is 3.95. The largest absolute Gasteiger partial charge is 0.496 e. The van der Waals surface area contributed by atoms with Crippen LogP contribution in [0.15, 0.2) is 34.2 Å². The number of thiazole rings is 1. The molecule has 1 aliphatic rings. The first-order valence-electron chi connectivity index (χ1n) is 11.5. The van der Waals surface area contributed by atoms with Crippen molar-refractivity contribution in [1.29, 1.82) is 0 Å². The van der Waals surface area contributed by atoms with E-state index in [2.05, 4.69) is 20.4 Å². The number of hydrogen-bond donors (Lipinski definition) is 0. The lowest BCUT2D eigenvalue weighted by atomic mass is 10.1. The maximum Gasteiger partial charge on any atom is 0.212 e. The highest BCUT2D eigenvalue weighted by molar-refractivity contribution is 7.16. The summed E-state index contributed by atoms with van der Waals surface area (Å²) in [6, 6.07) is 5.57. The van der Waals surface area contributed by atoms with Crippen LogP contribution in [0.25, 0.3) is 27.4 Å². The molecule has 0 amide bonds. The second-order valence-electron chi connectivity index (χ2n) is 8.52. The lowest BCUT2D eigenvalue weighted by molar-refractivity contribution is 0.303. The molecule has 1 fully saturated rings. The van der Waals surface area contributed by atoms with Crippen LogP contribution in [0.4, 0.5) is 9.52 Å². The number of hydrogen-bond acceptors (Lipinski definition) is 9. The molecule has 1 atom stereocenters. The number of anilines is 1. The number of furan rings is 1. The van der Waals surface area contributed by atoms with Gasteiger partial charge < -0.3 is 18.8 Å². The minimum absolute atomic E-state index is 0.349. The second-order valence-corrected chi connectivity index (χ2v) is 10.3. The van der Waals surface area contributed by atoms with Gasteiger partial charge in [-0.1, -0.05) is 11.3 Å². The van der Waals surface area contributed by atoms with Gasteiger partial charge in [-0.05, 0) is 32.3 Å². The Kier molecular flexibility index (Phi) is 5.81. The zero-order valence-corrected chi connectivity index (χ0v) is 21.0. The van der Waals surface area contributed by atoms with Crippen LogP contribution in [0, 0.1) is 0 Å². The van der Waals surface area contributed by atoms with E-state index < -0.39 is 6.17 Å². The number of methoxy groups -OCH3 is 1. The topological polar surface area (TPSA) is 77.9 Å². The summed E-state index contributed by atoms with van der Waals surface area (Å²) >= 11 is 2.89. The molecule has 8 nitrogen and oxygen atoms in total. The molecule has 4 aromatic heterocycles. The molecule has 0 bridgehead atoms. The molecule has 182 valence electrons. The van der Waals surface area contributed by atoms with Gasteiger partial charge in [-0.2, -0.15) is 5.10 Å². The number of halogens is 1. The molecule has 35 heavy (non-hydrogen) atoms. The molecule has 0 N–H and O–H groups in total. The summed E-state index contributed by atoms with van der Waals surface area (Å²) in [5, 5.41) is 8.58. The molecule has 6 rings (SSSR count). The number of piperidine rings is 1. The highest BCUT2D eigenvalue weighted by atomic mass is 32.1. The van der Waals surface area contributed by atoms with Gasteiger partial charge in [0.25, 0.3) is 0 Å². The standard InChI is InChI=1S/C24H24FN5O3S2/c1-14(25)22-28-30-11-18(27-24(30)35-22)21-10-17-19(8-16(31-2)9-20(17)33-21)32-12-15-13-34-23(26-15)29-6-4-3-5-7-29/h8-11,13-14H,3-7,12H2,1-2H3/t14-/m0/s1. The minimum Gasteiger partial charge on any atom is -0.496 e. The predicted octanol–water partition coefficient (Wildman–Crippen LogP) is 6.27. The average molecular weight is 514 g/mol. The summed E-state index contributed by atoms with van der Waals surface area (Å²) in [5.74, 6) is 1.86. The fraction of sp³-hybridized carbons (Fsp3) is 0.375. The summed E-state index contributed by atoms with van der Waals surface area (Å²) < 4.78 is 32.9. The first kappa shape index (κ1) is 22.3. The molecular formula is C24H24FN5O3S2. The molecule has 11 heteroatoms. The molecule has 1 saturated heterocycles. The van der Waals surface area contributed by atoms with Gasteiger partial charge in [0.05, 0.1) is 24.4 Å². The van der Waals surface area contributed by atoms with E-state index in [4.69, 9.17) is 18.9 Å². The van der Waals surface area contributed by atoms with Gasteiger partial charge in [0, 0.05) is 30.6 Å². The summed E-state index contributed by atoms with van der Waals surface area (Å²) in [5.41, 5.74) is 2.14. The Morgan fingerprint density at radius 2 is 2.03 bits per heavy atom. The van der Waals surface area contributed by atoms with Crippen molar-refractivity contribution in [1.82, 2.24) is 19.6 Å². The van der Waals surface area contributed by atoms with Crippen molar-refractivity contribution in [2.45, 2.75) is 39.0 Å². The number of rotatable bonds is 7. The Morgan fingerprint density at radius 1 is 1.17 bits per heavy atom. The summed E-state index contributed by atoms with van der Waals surface area (Å²) in [7, 11) is 1.61. The van der Waals surface area contributed by atoms with E-state index >= 15 is 0 Å². The third-order valence-corrected chi connectivity index (χ3v) is 8.03. The Hall–Kier alpha value is -3.18. The molecule has 0 saturated carbocycles. The van der Waals surface area contributed by atoms with Crippen LogP contribution in [0.5, 0.6) is 11.5 Å². The van der Waals surface area contributed by atoms with Crippen LogP contribution in [0.2, 0.25) is 0 Å². The van der Waals surface area contributed by atoms with Gasteiger partial charge in [0.15, 0.2) is 22.1 Å². The predicted molar refractivity (Wildman–Crippen MR) is 135 cm³/mol. The van der Waals surface area contributed by atoms with Gasteiger partial charge in [-0.15, -0.1) is 11.3 Å². The Labute approximate surface area is 208 Å². The number of fused-ring (bicyclic) bond motifs is 2. The molecule has 5 heterocycles. The number of nitrogens with zero attached hydrogens (tertiary/aromatic N) is 5. The highest BCUT2D eigenvalue weighted by Crippen LogP contribution is 2.38. The van der Waals surface area contributed by atoms with Gasteiger partial charge in [0.1, 0.15) is 29.4 Å². The normalized spacial score (nSPS) is 15.2. The first-order chi connectivity index (χ1) is 17.1. The van der Waals surface area contributed by atoms with Crippen molar-refractivity contribution in [2.24, 2.45) is 0 Å². The number of imidazole rings is 1. The van der Waals surface area contributed by atoms with E-state index in [-0.39, 0.29) is 0 Å².